The van der Waals surface area contributed by atoms with Crippen LogP contribution >= 0.6 is 23.4 Å². The Morgan fingerprint density at radius 3 is 2.39 bits per heavy atom. The van der Waals surface area contributed by atoms with Crippen molar-refractivity contribution in [1.29, 1.82) is 0 Å². The van der Waals surface area contributed by atoms with E-state index >= 15 is 0 Å². The summed E-state index contributed by atoms with van der Waals surface area (Å²) in [5, 5.41) is 1.18. The number of ether oxygens (including phenoxy) is 1. The Hall–Kier alpha value is -2.11. The smallest absolute Gasteiger partial charge is 0.359 e. The number of benzene rings is 2. The highest BCUT2D eigenvalue weighted by atomic mass is 35.5. The van der Waals surface area contributed by atoms with Crippen molar-refractivity contribution in [2.24, 2.45) is 0 Å². The van der Waals surface area contributed by atoms with Gasteiger partial charge in [0.2, 0.25) is 0 Å². The summed E-state index contributed by atoms with van der Waals surface area (Å²) in [6, 6.07) is 14.8. The number of carbonyl (C=O) groups is 1. The van der Waals surface area contributed by atoms with Crippen LogP contribution in [0.5, 0.6) is 0 Å². The number of esters is 1. The molecule has 116 valence electrons. The van der Waals surface area contributed by atoms with E-state index < -0.39 is 5.97 Å². The first-order chi connectivity index (χ1) is 11.2. The average molecular weight is 345 g/mol. The van der Waals surface area contributed by atoms with Crippen molar-refractivity contribution in [3.8, 4) is 0 Å². The lowest BCUT2D eigenvalue weighted by Crippen LogP contribution is -2.10. The molecule has 0 fully saturated rings. The molecule has 0 amide bonds. The number of hydrogen-bond donors (Lipinski definition) is 0. The van der Waals surface area contributed by atoms with Crippen molar-refractivity contribution < 1.29 is 9.53 Å². The molecule has 0 aliphatic rings. The van der Waals surface area contributed by atoms with Gasteiger partial charge in [0.1, 0.15) is 5.03 Å². The zero-order valence-electron chi connectivity index (χ0n) is 12.3. The van der Waals surface area contributed by atoms with Crippen LogP contribution < -0.4 is 0 Å². The third kappa shape index (κ3) is 3.63. The molecule has 3 aromatic rings. The van der Waals surface area contributed by atoms with Crippen LogP contribution in [0, 0.1) is 0 Å². The van der Waals surface area contributed by atoms with Gasteiger partial charge in [0.25, 0.3) is 0 Å². The number of hydrogen-bond acceptors (Lipinski definition) is 5. The van der Waals surface area contributed by atoms with Crippen LogP contribution in [0.1, 0.15) is 17.4 Å². The molecule has 2 aromatic carbocycles. The number of fused-ring (bicyclic) bond motifs is 1. The van der Waals surface area contributed by atoms with Crippen LogP contribution in [0.2, 0.25) is 5.02 Å². The fourth-order valence-electron chi connectivity index (χ4n) is 2.00. The number of nitrogens with zero attached hydrogens (tertiary/aromatic N) is 2. The molecule has 0 bridgehead atoms. The first-order valence-corrected chi connectivity index (χ1v) is 8.24. The second-order valence-electron chi connectivity index (χ2n) is 4.64. The van der Waals surface area contributed by atoms with Gasteiger partial charge in [-0.1, -0.05) is 35.5 Å². The minimum Gasteiger partial charge on any atom is -0.461 e. The Morgan fingerprint density at radius 1 is 1.09 bits per heavy atom. The normalized spacial score (nSPS) is 10.7. The summed E-state index contributed by atoms with van der Waals surface area (Å²) < 4.78 is 5.10. The first-order valence-electron chi connectivity index (χ1n) is 7.04. The predicted molar refractivity (Wildman–Crippen MR) is 91.1 cm³/mol. The van der Waals surface area contributed by atoms with E-state index in [0.717, 1.165) is 10.4 Å². The van der Waals surface area contributed by atoms with Gasteiger partial charge in [0.05, 0.1) is 17.6 Å². The van der Waals surface area contributed by atoms with Crippen LogP contribution in [0.3, 0.4) is 0 Å². The Bertz CT molecular complexity index is 853. The molecule has 4 nitrogen and oxygen atoms in total. The largest absolute Gasteiger partial charge is 0.461 e. The van der Waals surface area contributed by atoms with Gasteiger partial charge < -0.3 is 4.74 Å². The van der Waals surface area contributed by atoms with Gasteiger partial charge >= 0.3 is 5.97 Å². The molecule has 0 unspecified atom stereocenters. The third-order valence-corrected chi connectivity index (χ3v) is 4.27. The summed E-state index contributed by atoms with van der Waals surface area (Å²) in [4.78, 5) is 22.1. The van der Waals surface area contributed by atoms with Crippen molar-refractivity contribution >= 4 is 40.4 Å². The molecule has 0 atom stereocenters. The van der Waals surface area contributed by atoms with E-state index in [9.17, 15) is 4.79 Å². The fraction of sp³-hybridized carbons (Fsp3) is 0.118. The SMILES string of the molecule is CCOC(=O)c1nc2ccccc2nc1Sc1ccc(Cl)cc1. The van der Waals surface area contributed by atoms with Crippen LogP contribution in [-0.4, -0.2) is 22.5 Å². The molecular weight excluding hydrogens is 332 g/mol. The van der Waals surface area contributed by atoms with E-state index in [1.165, 1.54) is 11.8 Å². The highest BCUT2D eigenvalue weighted by molar-refractivity contribution is 7.99. The molecule has 3 rings (SSSR count). The second kappa shape index (κ2) is 6.98. The van der Waals surface area contributed by atoms with Crippen LogP contribution in [0.25, 0.3) is 11.0 Å². The van der Waals surface area contributed by atoms with Gasteiger partial charge in [-0.25, -0.2) is 14.8 Å². The monoisotopic (exact) mass is 344 g/mol. The first kappa shape index (κ1) is 15.8. The topological polar surface area (TPSA) is 52.1 Å². The molecule has 23 heavy (non-hydrogen) atoms. The molecular formula is C17H13ClN2O2S. The maximum Gasteiger partial charge on any atom is 0.359 e. The highest BCUT2D eigenvalue weighted by Crippen LogP contribution is 2.30. The van der Waals surface area contributed by atoms with Crippen LogP contribution in [0.15, 0.2) is 58.5 Å². The molecule has 0 saturated heterocycles. The minimum absolute atomic E-state index is 0.227. The average Bonchev–Trinajstić information content (AvgIpc) is 2.56. The third-order valence-electron chi connectivity index (χ3n) is 3.04. The van der Waals surface area contributed by atoms with Crippen LogP contribution in [-0.2, 0) is 4.74 Å². The standard InChI is InChI=1S/C17H13ClN2O2S/c1-2-22-17(21)15-16(23-12-9-7-11(18)8-10-12)20-14-6-4-3-5-13(14)19-15/h3-10H,2H2,1H3. The predicted octanol–water partition coefficient (Wildman–Crippen LogP) is 4.61. The van der Waals surface area contributed by atoms with Gasteiger partial charge in [-0.3, -0.25) is 0 Å². The van der Waals surface area contributed by atoms with Gasteiger partial charge in [0.15, 0.2) is 5.69 Å². The Labute approximate surface area is 142 Å². The lowest BCUT2D eigenvalue weighted by molar-refractivity contribution is 0.0514. The molecule has 0 spiro atoms. The maximum absolute atomic E-state index is 12.2. The Kier molecular flexibility index (Phi) is 4.79. The molecule has 0 N–H and O–H groups in total. The molecule has 0 aliphatic heterocycles. The van der Waals surface area contributed by atoms with E-state index in [1.54, 1.807) is 19.1 Å². The van der Waals surface area contributed by atoms with Crippen molar-refractivity contribution in [3.63, 3.8) is 0 Å². The quantitative estimate of drug-likeness (QED) is 0.647. The second-order valence-corrected chi connectivity index (χ2v) is 6.14. The summed E-state index contributed by atoms with van der Waals surface area (Å²) in [5.41, 5.74) is 1.62. The minimum atomic E-state index is -0.470. The summed E-state index contributed by atoms with van der Waals surface area (Å²) in [6.07, 6.45) is 0. The van der Waals surface area contributed by atoms with E-state index in [4.69, 9.17) is 16.3 Å². The number of para-hydroxylation sites is 2. The summed E-state index contributed by atoms with van der Waals surface area (Å²) in [6.45, 7) is 2.05. The van der Waals surface area contributed by atoms with Crippen molar-refractivity contribution in [1.82, 2.24) is 9.97 Å². The lowest BCUT2D eigenvalue weighted by atomic mass is 10.3. The number of aromatic nitrogens is 2. The highest BCUT2D eigenvalue weighted by Gasteiger charge is 2.18. The number of halogens is 1. The van der Waals surface area contributed by atoms with E-state index in [0.29, 0.717) is 22.2 Å². The maximum atomic E-state index is 12.2. The van der Waals surface area contributed by atoms with Crippen LogP contribution in [0.4, 0.5) is 0 Å². The molecule has 0 saturated carbocycles. The van der Waals surface area contributed by atoms with E-state index in [1.807, 2.05) is 36.4 Å². The number of carbonyl (C=O) groups excluding carboxylic acids is 1. The molecule has 1 aromatic heterocycles. The van der Waals surface area contributed by atoms with Crippen molar-refractivity contribution in [2.45, 2.75) is 16.8 Å². The van der Waals surface area contributed by atoms with Gasteiger partial charge in [-0.2, -0.15) is 0 Å². The summed E-state index contributed by atoms with van der Waals surface area (Å²) >= 11 is 7.26. The zero-order chi connectivity index (χ0) is 16.2. The summed E-state index contributed by atoms with van der Waals surface area (Å²) in [5.74, 6) is -0.470. The van der Waals surface area contributed by atoms with Crippen molar-refractivity contribution in [2.75, 3.05) is 6.61 Å². The molecule has 1 heterocycles. The zero-order valence-corrected chi connectivity index (χ0v) is 13.9. The lowest BCUT2D eigenvalue weighted by Gasteiger charge is -2.09. The van der Waals surface area contributed by atoms with Gasteiger partial charge in [0, 0.05) is 9.92 Å². The van der Waals surface area contributed by atoms with Gasteiger partial charge in [-0.05, 0) is 43.3 Å². The van der Waals surface area contributed by atoms with E-state index in [-0.39, 0.29) is 5.69 Å². The summed E-state index contributed by atoms with van der Waals surface area (Å²) in [7, 11) is 0. The van der Waals surface area contributed by atoms with Gasteiger partial charge in [-0.15, -0.1) is 0 Å². The Morgan fingerprint density at radius 2 is 1.74 bits per heavy atom. The Balaban J connectivity index is 2.06. The number of rotatable bonds is 4. The molecule has 0 radical (unpaired) electrons. The molecule has 0 aliphatic carbocycles. The van der Waals surface area contributed by atoms with Crippen molar-refractivity contribution in [3.05, 3.63) is 59.2 Å². The van der Waals surface area contributed by atoms with E-state index in [2.05, 4.69) is 9.97 Å². The fourth-order valence-corrected chi connectivity index (χ4v) is 2.99. The molecule has 6 heteroatoms.